The Morgan fingerprint density at radius 2 is 1.54 bits per heavy atom. The third-order valence-corrected chi connectivity index (χ3v) is 12.8. The largest absolute Gasteiger partial charge is 0.299 e. The van der Waals surface area contributed by atoms with Crippen LogP contribution in [0.15, 0.2) is 60.7 Å². The van der Waals surface area contributed by atoms with E-state index in [0.29, 0.717) is 22.8 Å². The van der Waals surface area contributed by atoms with Crippen molar-refractivity contribution in [1.82, 2.24) is 0 Å². The topological polar surface area (TPSA) is 17.1 Å². The van der Waals surface area contributed by atoms with Crippen LogP contribution in [-0.2, 0) is 4.79 Å². The molecule has 0 spiro atoms. The third-order valence-electron chi connectivity index (χ3n) is 8.15. The van der Waals surface area contributed by atoms with Gasteiger partial charge in [0.05, 0.1) is 8.07 Å². The van der Waals surface area contributed by atoms with Crippen molar-refractivity contribution in [3.8, 4) is 0 Å². The van der Waals surface area contributed by atoms with Crippen molar-refractivity contribution < 1.29 is 4.79 Å². The van der Waals surface area contributed by atoms with E-state index in [0.717, 1.165) is 12.8 Å². The molecule has 2 fully saturated rings. The molecule has 0 radical (unpaired) electrons. The normalized spacial score (nSPS) is 27.6. The molecule has 4 rings (SSSR count). The molecule has 0 N–H and O–H groups in total. The van der Waals surface area contributed by atoms with E-state index in [-0.39, 0.29) is 5.41 Å². The van der Waals surface area contributed by atoms with Crippen LogP contribution < -0.4 is 0 Å². The molecule has 1 nitrogen and oxygen atoms in total. The van der Waals surface area contributed by atoms with Gasteiger partial charge in [-0.1, -0.05) is 86.6 Å². The molecule has 2 heteroatoms. The molecule has 28 heavy (non-hydrogen) atoms. The predicted octanol–water partition coefficient (Wildman–Crippen LogP) is 7.00. The Morgan fingerprint density at radius 1 is 0.964 bits per heavy atom. The summed E-state index contributed by atoms with van der Waals surface area (Å²) in [5.74, 6) is 1.10. The Balaban J connectivity index is 1.73. The molecule has 0 aliphatic heterocycles. The fourth-order valence-electron chi connectivity index (χ4n) is 6.54. The van der Waals surface area contributed by atoms with Gasteiger partial charge in [-0.05, 0) is 55.2 Å². The van der Waals surface area contributed by atoms with Crippen molar-refractivity contribution in [3.05, 3.63) is 71.8 Å². The summed E-state index contributed by atoms with van der Waals surface area (Å²) in [5, 5.41) is 0. The number of benzene rings is 2. The van der Waals surface area contributed by atoms with Crippen LogP contribution in [0.1, 0.15) is 62.1 Å². The smallest absolute Gasteiger partial charge is 0.136 e. The van der Waals surface area contributed by atoms with E-state index in [1.807, 2.05) is 6.92 Å². The van der Waals surface area contributed by atoms with E-state index < -0.39 is 8.07 Å². The van der Waals surface area contributed by atoms with E-state index in [1.165, 1.54) is 36.8 Å². The zero-order valence-electron chi connectivity index (χ0n) is 17.7. The Labute approximate surface area is 171 Å². The average molecular weight is 391 g/mol. The lowest BCUT2D eigenvalue weighted by atomic mass is 9.66. The molecule has 2 aliphatic rings. The van der Waals surface area contributed by atoms with Crippen molar-refractivity contribution in [2.24, 2.45) is 11.3 Å². The van der Waals surface area contributed by atoms with Gasteiger partial charge in [0.15, 0.2) is 0 Å². The van der Waals surface area contributed by atoms with Crippen LogP contribution in [0, 0.1) is 11.3 Å². The fourth-order valence-corrected chi connectivity index (χ4v) is 10.9. The van der Waals surface area contributed by atoms with Gasteiger partial charge in [-0.3, -0.25) is 4.79 Å². The first-order chi connectivity index (χ1) is 13.4. The first kappa shape index (κ1) is 19.6. The van der Waals surface area contributed by atoms with Gasteiger partial charge in [0.1, 0.15) is 5.78 Å². The van der Waals surface area contributed by atoms with Crippen molar-refractivity contribution in [2.75, 3.05) is 0 Å². The highest BCUT2D eigenvalue weighted by Gasteiger charge is 2.56. The van der Waals surface area contributed by atoms with Crippen LogP contribution in [0.2, 0.25) is 18.6 Å². The molecule has 0 bridgehead atoms. The van der Waals surface area contributed by atoms with Gasteiger partial charge < -0.3 is 0 Å². The van der Waals surface area contributed by atoms with Gasteiger partial charge in [0.2, 0.25) is 0 Å². The monoisotopic (exact) mass is 390 g/mol. The van der Waals surface area contributed by atoms with Gasteiger partial charge >= 0.3 is 0 Å². The summed E-state index contributed by atoms with van der Waals surface area (Å²) in [6.45, 7) is 7.06. The van der Waals surface area contributed by atoms with Crippen LogP contribution in [0.5, 0.6) is 0 Å². The predicted molar refractivity (Wildman–Crippen MR) is 120 cm³/mol. The summed E-state index contributed by atoms with van der Waals surface area (Å²) in [5.41, 5.74) is 4.11. The highest BCUT2D eigenvalue weighted by atomic mass is 28.3. The minimum atomic E-state index is -1.71. The third kappa shape index (κ3) is 3.30. The summed E-state index contributed by atoms with van der Waals surface area (Å²) < 4.78 is 0. The molecule has 2 aromatic carbocycles. The van der Waals surface area contributed by atoms with E-state index in [9.17, 15) is 4.79 Å². The first-order valence-corrected chi connectivity index (χ1v) is 14.2. The maximum Gasteiger partial charge on any atom is 0.136 e. The molecule has 0 unspecified atom stereocenters. The van der Waals surface area contributed by atoms with Gasteiger partial charge in [-0.2, -0.15) is 0 Å². The quantitative estimate of drug-likeness (QED) is 0.502. The SMILES string of the molecule is CC(=O)[C@]12CCCC[C@H]1C[C@@H]([Si](C)(C)C(c1ccccc1)c1ccccc1)C2. The Kier molecular flexibility index (Phi) is 5.35. The van der Waals surface area contributed by atoms with Gasteiger partial charge in [-0.25, -0.2) is 0 Å². The van der Waals surface area contributed by atoms with Crippen LogP contribution in [-0.4, -0.2) is 13.9 Å². The van der Waals surface area contributed by atoms with E-state index in [1.54, 1.807) is 0 Å². The lowest BCUT2D eigenvalue weighted by Crippen LogP contribution is -2.41. The number of Topliss-reactive ketones (excluding diaryl/α,β-unsaturated/α-hetero) is 1. The maximum absolute atomic E-state index is 12.8. The molecular weight excluding hydrogens is 356 g/mol. The number of hydrogen-bond donors (Lipinski definition) is 0. The summed E-state index contributed by atoms with van der Waals surface area (Å²) in [4.78, 5) is 12.8. The Morgan fingerprint density at radius 3 is 2.04 bits per heavy atom. The molecule has 2 aromatic rings. The zero-order valence-corrected chi connectivity index (χ0v) is 18.7. The number of hydrogen-bond acceptors (Lipinski definition) is 1. The standard InChI is InChI=1S/C26H34OSi/c1-20(27)26-17-11-10-16-23(26)18-24(19-26)28(2,3)25(21-12-6-4-7-13-21)22-14-8-5-9-15-22/h4-9,12-15,23-25H,10-11,16-19H2,1-3H3/t23-,24+,26+/m0/s1. The summed E-state index contributed by atoms with van der Waals surface area (Å²) in [6, 6.07) is 22.2. The Bertz CT molecular complexity index is 773. The average Bonchev–Trinajstić information content (AvgIpc) is 3.12. The minimum Gasteiger partial charge on any atom is -0.299 e. The maximum atomic E-state index is 12.8. The summed E-state index contributed by atoms with van der Waals surface area (Å²) >= 11 is 0. The second kappa shape index (κ2) is 7.63. The molecule has 0 heterocycles. The number of rotatable bonds is 5. The lowest BCUT2D eigenvalue weighted by Gasteiger charge is -2.40. The molecule has 2 saturated carbocycles. The highest BCUT2D eigenvalue weighted by molar-refractivity contribution is 6.80. The molecule has 0 saturated heterocycles. The van der Waals surface area contributed by atoms with Crippen molar-refractivity contribution in [2.45, 2.75) is 69.6 Å². The molecule has 2 aliphatic carbocycles. The molecule has 3 atom stereocenters. The second-order valence-corrected chi connectivity index (χ2v) is 14.9. The van der Waals surface area contributed by atoms with Gasteiger partial charge in [-0.15, -0.1) is 0 Å². The van der Waals surface area contributed by atoms with Crippen molar-refractivity contribution in [3.63, 3.8) is 0 Å². The summed E-state index contributed by atoms with van der Waals surface area (Å²) in [7, 11) is -1.71. The number of carbonyl (C=O) groups is 1. The minimum absolute atomic E-state index is 0.00882. The fraction of sp³-hybridized carbons (Fsp3) is 0.500. The van der Waals surface area contributed by atoms with Crippen molar-refractivity contribution in [1.29, 1.82) is 0 Å². The highest BCUT2D eigenvalue weighted by Crippen LogP contribution is 2.61. The van der Waals surface area contributed by atoms with Crippen LogP contribution >= 0.6 is 0 Å². The summed E-state index contributed by atoms with van der Waals surface area (Å²) in [6.07, 6.45) is 7.37. The van der Waals surface area contributed by atoms with E-state index in [2.05, 4.69) is 73.8 Å². The van der Waals surface area contributed by atoms with Crippen molar-refractivity contribution >= 4 is 13.9 Å². The van der Waals surface area contributed by atoms with E-state index >= 15 is 0 Å². The van der Waals surface area contributed by atoms with Crippen LogP contribution in [0.4, 0.5) is 0 Å². The molecular formula is C26H34OSi. The first-order valence-electron chi connectivity index (χ1n) is 11.1. The van der Waals surface area contributed by atoms with Crippen LogP contribution in [0.25, 0.3) is 0 Å². The molecule has 148 valence electrons. The molecule has 0 aromatic heterocycles. The van der Waals surface area contributed by atoms with E-state index in [4.69, 9.17) is 0 Å². The van der Waals surface area contributed by atoms with Crippen LogP contribution in [0.3, 0.4) is 0 Å². The Hall–Kier alpha value is -1.67. The number of ketones is 1. The number of carbonyl (C=O) groups excluding carboxylic acids is 1. The zero-order chi connectivity index (χ0) is 19.8. The number of fused-ring (bicyclic) bond motifs is 1. The molecule has 0 amide bonds. The van der Waals surface area contributed by atoms with Gasteiger partial charge in [0, 0.05) is 11.0 Å². The lowest BCUT2D eigenvalue weighted by molar-refractivity contribution is -0.130. The van der Waals surface area contributed by atoms with Gasteiger partial charge in [0.25, 0.3) is 0 Å². The second-order valence-electron chi connectivity index (χ2n) is 9.87.